The summed E-state index contributed by atoms with van der Waals surface area (Å²) in [4.78, 5) is 15.3. The van der Waals surface area contributed by atoms with E-state index in [1.54, 1.807) is 6.92 Å². The third-order valence-corrected chi connectivity index (χ3v) is 3.63. The molecule has 4 N–H and O–H groups in total. The first-order chi connectivity index (χ1) is 11.4. The molecule has 7 heteroatoms. The minimum Gasteiger partial charge on any atom is -0.597 e. The Labute approximate surface area is 177 Å². The van der Waals surface area contributed by atoms with Gasteiger partial charge in [-0.1, -0.05) is 51.9 Å². The normalized spacial score (nSPS) is 14.6. The first-order valence-corrected chi connectivity index (χ1v) is 8.77. The van der Waals surface area contributed by atoms with E-state index >= 15 is 0 Å². The van der Waals surface area contributed by atoms with Crippen molar-refractivity contribution in [2.24, 2.45) is 10.7 Å². The summed E-state index contributed by atoms with van der Waals surface area (Å²) in [5.74, 6) is -0.755. The first-order valence-electron chi connectivity index (χ1n) is 8.77. The van der Waals surface area contributed by atoms with Gasteiger partial charge in [0.15, 0.2) is 0 Å². The van der Waals surface area contributed by atoms with Crippen LogP contribution in [0.3, 0.4) is 0 Å². The summed E-state index contributed by atoms with van der Waals surface area (Å²) in [5.41, 5.74) is 5.97. The minimum absolute atomic E-state index is 0. The Morgan fingerprint density at radius 2 is 1.80 bits per heavy atom. The van der Waals surface area contributed by atoms with Crippen molar-refractivity contribution in [2.45, 2.75) is 83.5 Å². The second kappa shape index (κ2) is 17.3. The number of hydrogen-bond donors (Lipinski definition) is 3. The van der Waals surface area contributed by atoms with Crippen molar-refractivity contribution in [3.05, 3.63) is 12.3 Å². The van der Waals surface area contributed by atoms with Crippen LogP contribution in [0.4, 0.5) is 0 Å². The number of nitrogens with zero attached hydrogens (tertiary/aromatic N) is 1. The molecule has 0 saturated heterocycles. The molecule has 0 aliphatic heterocycles. The predicted molar refractivity (Wildman–Crippen MR) is 94.5 cm³/mol. The zero-order valence-corrected chi connectivity index (χ0v) is 18.3. The van der Waals surface area contributed by atoms with Crippen molar-refractivity contribution in [1.82, 2.24) is 0 Å². The van der Waals surface area contributed by atoms with Crippen LogP contribution in [0.1, 0.15) is 65.2 Å². The Hall–Kier alpha value is -0.136. The SMILES string of the molecule is [CH-]=C(CCCCCCCC)N=[C-]CC(O)C(O)C(N)C(=O)OCC.[Y]. The van der Waals surface area contributed by atoms with Gasteiger partial charge in [-0.05, 0) is 6.92 Å². The molecule has 0 heterocycles. The summed E-state index contributed by atoms with van der Waals surface area (Å²) in [5, 5.41) is 19.6. The van der Waals surface area contributed by atoms with Crippen molar-refractivity contribution in [2.75, 3.05) is 6.61 Å². The minimum atomic E-state index is -1.44. The molecule has 25 heavy (non-hydrogen) atoms. The van der Waals surface area contributed by atoms with E-state index in [9.17, 15) is 15.0 Å². The molecule has 0 amide bonds. The van der Waals surface area contributed by atoms with Crippen LogP contribution in [0.5, 0.6) is 0 Å². The summed E-state index contributed by atoms with van der Waals surface area (Å²) in [6, 6.07) is -1.30. The van der Waals surface area contributed by atoms with Crippen molar-refractivity contribution >= 4 is 12.2 Å². The molecule has 0 rings (SSSR count). The molecule has 6 nitrogen and oxygen atoms in total. The van der Waals surface area contributed by atoms with Crippen LogP contribution in [-0.4, -0.2) is 47.3 Å². The van der Waals surface area contributed by atoms with Crippen LogP contribution < -0.4 is 5.73 Å². The molecule has 0 aromatic heterocycles. The van der Waals surface area contributed by atoms with Gasteiger partial charge in [-0.25, -0.2) is 0 Å². The molecule has 0 aromatic rings. The number of carbonyl (C=O) groups excluding carboxylic acids is 1. The second-order valence-electron chi connectivity index (χ2n) is 5.82. The number of unbranched alkanes of at least 4 members (excludes halogenated alkanes) is 5. The van der Waals surface area contributed by atoms with Gasteiger partial charge in [-0.3, -0.25) is 4.79 Å². The number of hydrogen-bond acceptors (Lipinski definition) is 6. The van der Waals surface area contributed by atoms with Gasteiger partial charge in [0.1, 0.15) is 12.1 Å². The topological polar surface area (TPSA) is 105 Å². The number of aliphatic hydroxyl groups excluding tert-OH is 2. The van der Waals surface area contributed by atoms with Crippen molar-refractivity contribution < 1.29 is 52.5 Å². The Balaban J connectivity index is 0. The number of carbonyl (C=O) groups is 1. The molecular weight excluding hydrogens is 397 g/mol. The fourth-order valence-electron chi connectivity index (χ4n) is 2.12. The average Bonchev–Trinajstić information content (AvgIpc) is 2.56. The van der Waals surface area contributed by atoms with Crippen LogP contribution in [0, 0.1) is 6.58 Å². The summed E-state index contributed by atoms with van der Waals surface area (Å²) in [7, 11) is 0. The predicted octanol–water partition coefficient (Wildman–Crippen LogP) is 2.00. The monoisotopic (exact) mass is 429 g/mol. The van der Waals surface area contributed by atoms with Gasteiger partial charge >= 0.3 is 5.97 Å². The van der Waals surface area contributed by atoms with Crippen LogP contribution in [0.2, 0.25) is 0 Å². The number of aliphatic imine (C=N–C) groups is 1. The third kappa shape index (κ3) is 13.7. The zero-order valence-electron chi connectivity index (χ0n) is 15.5. The van der Waals surface area contributed by atoms with E-state index in [1.807, 2.05) is 0 Å². The van der Waals surface area contributed by atoms with E-state index in [0.717, 1.165) is 12.8 Å². The molecule has 0 bridgehead atoms. The first kappa shape index (κ1) is 27.1. The molecule has 0 aromatic carbocycles. The van der Waals surface area contributed by atoms with Gasteiger partial charge in [0.2, 0.25) is 0 Å². The van der Waals surface area contributed by atoms with Gasteiger partial charge in [-0.2, -0.15) is 6.21 Å². The number of aliphatic hydroxyl groups is 2. The Kier molecular flexibility index (Phi) is 18.7. The Morgan fingerprint density at radius 1 is 1.20 bits per heavy atom. The van der Waals surface area contributed by atoms with E-state index < -0.39 is 24.2 Å². The molecule has 143 valence electrons. The molecule has 3 atom stereocenters. The van der Waals surface area contributed by atoms with E-state index in [2.05, 4.69) is 18.1 Å². The number of rotatable bonds is 14. The number of allylic oxidation sites excluding steroid dienone is 1. The number of ether oxygens (including phenoxy) is 1. The van der Waals surface area contributed by atoms with Crippen LogP contribution >= 0.6 is 0 Å². The van der Waals surface area contributed by atoms with Crippen LogP contribution in [0.25, 0.3) is 0 Å². The molecule has 0 aliphatic carbocycles. The molecule has 0 fully saturated rings. The van der Waals surface area contributed by atoms with Crippen molar-refractivity contribution in [1.29, 1.82) is 0 Å². The molecule has 3 unspecified atom stereocenters. The summed E-state index contributed by atoms with van der Waals surface area (Å²) in [6.07, 6.45) is 7.54. The average molecular weight is 429 g/mol. The second-order valence-corrected chi connectivity index (χ2v) is 5.82. The fourth-order valence-corrected chi connectivity index (χ4v) is 2.12. The molecule has 0 saturated carbocycles. The van der Waals surface area contributed by atoms with Crippen LogP contribution in [-0.2, 0) is 42.2 Å². The maximum absolute atomic E-state index is 11.4. The Morgan fingerprint density at radius 3 is 2.40 bits per heavy atom. The van der Waals surface area contributed by atoms with Crippen molar-refractivity contribution in [3.63, 3.8) is 0 Å². The standard InChI is InChI=1S/C18H32N2O4.Y/c1-4-6-7-8-9-10-11-14(3)20-13-12-15(21)17(22)16(19)18(23)24-5-2;/h3,15-17,21-22H,4-12,19H2,1-2H3;/q-2;. The van der Waals surface area contributed by atoms with E-state index in [-0.39, 0.29) is 45.7 Å². The quantitative estimate of drug-likeness (QED) is 0.170. The molecule has 0 spiro atoms. The summed E-state index contributed by atoms with van der Waals surface area (Å²) in [6.45, 7) is 9.75. The molecular formula is C18H32N2O4Y-2. The summed E-state index contributed by atoms with van der Waals surface area (Å²) < 4.78 is 4.69. The van der Waals surface area contributed by atoms with Gasteiger partial charge in [-0.15, -0.1) is 6.42 Å². The van der Waals surface area contributed by atoms with Gasteiger partial charge in [0.05, 0.1) is 12.7 Å². The van der Waals surface area contributed by atoms with Crippen LogP contribution in [0.15, 0.2) is 10.7 Å². The van der Waals surface area contributed by atoms with Gasteiger partial charge < -0.3 is 38.0 Å². The van der Waals surface area contributed by atoms with Crippen molar-refractivity contribution in [3.8, 4) is 0 Å². The zero-order chi connectivity index (χ0) is 18.4. The largest absolute Gasteiger partial charge is 0.597 e. The summed E-state index contributed by atoms with van der Waals surface area (Å²) >= 11 is 0. The van der Waals surface area contributed by atoms with E-state index in [4.69, 9.17) is 17.0 Å². The molecule has 0 aliphatic rings. The maximum Gasteiger partial charge on any atom is 0.325 e. The van der Waals surface area contributed by atoms with E-state index in [0.29, 0.717) is 12.1 Å². The smallest absolute Gasteiger partial charge is 0.325 e. The molecule has 1 radical (unpaired) electrons. The van der Waals surface area contributed by atoms with Gasteiger partial charge in [0, 0.05) is 32.7 Å². The third-order valence-electron chi connectivity index (χ3n) is 3.63. The maximum atomic E-state index is 11.4. The number of nitrogens with two attached hydrogens (primary N) is 1. The van der Waals surface area contributed by atoms with E-state index in [1.165, 1.54) is 25.7 Å². The number of esters is 1. The fraction of sp³-hybridized carbons (Fsp3) is 0.778. The van der Waals surface area contributed by atoms with Gasteiger partial charge in [0.25, 0.3) is 0 Å². The Bertz CT molecular complexity index is 391.